The van der Waals surface area contributed by atoms with E-state index >= 15 is 0 Å². The minimum absolute atomic E-state index is 0.210. The maximum atomic E-state index is 10.4. The highest BCUT2D eigenvalue weighted by molar-refractivity contribution is 5.86. The number of phenols is 1. The van der Waals surface area contributed by atoms with Crippen molar-refractivity contribution in [1.29, 1.82) is 0 Å². The number of hydrogen-bond donors (Lipinski definition) is 1. The van der Waals surface area contributed by atoms with Crippen LogP contribution in [0.2, 0.25) is 0 Å². The Balaban J connectivity index is 1.88. The highest BCUT2D eigenvalue weighted by Crippen LogP contribution is 2.31. The summed E-state index contributed by atoms with van der Waals surface area (Å²) in [4.78, 5) is 0. The first kappa shape index (κ1) is 15.4. The normalized spacial score (nSPS) is 11.1. The van der Waals surface area contributed by atoms with Crippen molar-refractivity contribution in [3.05, 3.63) is 71.9 Å². The fourth-order valence-corrected chi connectivity index (χ4v) is 3.23. The molecular weight excluding hydrogens is 310 g/mol. The number of aryl methyl sites for hydroxylation is 2. The molecule has 3 aromatic carbocycles. The standard InChI is InChI=1S/C21H19N3O/c1-3-15-12-19(21(25)10-14(15)2)24-20(13-22-23-24)18-9-8-16-6-4-5-7-17(16)11-18/h4-13,25H,3H2,1-2H3. The van der Waals surface area contributed by atoms with Crippen molar-refractivity contribution in [3.63, 3.8) is 0 Å². The first-order valence-electron chi connectivity index (χ1n) is 8.40. The second-order valence-electron chi connectivity index (χ2n) is 6.21. The lowest BCUT2D eigenvalue weighted by molar-refractivity contribution is 0.469. The fraction of sp³-hybridized carbons (Fsp3) is 0.143. The molecule has 0 spiro atoms. The van der Waals surface area contributed by atoms with Gasteiger partial charge in [0, 0.05) is 5.56 Å². The lowest BCUT2D eigenvalue weighted by Crippen LogP contribution is -2.02. The Hall–Kier alpha value is -3.14. The minimum Gasteiger partial charge on any atom is -0.506 e. The van der Waals surface area contributed by atoms with Crippen LogP contribution in [0.1, 0.15) is 18.1 Å². The van der Waals surface area contributed by atoms with Crippen molar-refractivity contribution < 1.29 is 5.11 Å². The van der Waals surface area contributed by atoms with Gasteiger partial charge in [0.05, 0.1) is 11.9 Å². The predicted molar refractivity (Wildman–Crippen MR) is 100 cm³/mol. The van der Waals surface area contributed by atoms with Crippen molar-refractivity contribution in [3.8, 4) is 22.7 Å². The molecule has 4 nitrogen and oxygen atoms in total. The first-order valence-corrected chi connectivity index (χ1v) is 8.40. The van der Waals surface area contributed by atoms with Crippen molar-refractivity contribution >= 4 is 10.8 Å². The maximum absolute atomic E-state index is 10.4. The van der Waals surface area contributed by atoms with Gasteiger partial charge in [0.1, 0.15) is 11.4 Å². The highest BCUT2D eigenvalue weighted by Gasteiger charge is 2.14. The summed E-state index contributed by atoms with van der Waals surface area (Å²) in [6, 6.07) is 18.3. The lowest BCUT2D eigenvalue weighted by Gasteiger charge is -2.12. The molecule has 124 valence electrons. The molecule has 0 aliphatic carbocycles. The third-order valence-electron chi connectivity index (χ3n) is 4.64. The van der Waals surface area contributed by atoms with Gasteiger partial charge in [-0.25, -0.2) is 4.68 Å². The molecule has 0 aliphatic heterocycles. The molecule has 25 heavy (non-hydrogen) atoms. The van der Waals surface area contributed by atoms with Crippen LogP contribution in [0.5, 0.6) is 5.75 Å². The summed E-state index contributed by atoms with van der Waals surface area (Å²) in [7, 11) is 0. The van der Waals surface area contributed by atoms with Crippen LogP contribution in [0.3, 0.4) is 0 Å². The Labute approximate surface area is 146 Å². The van der Waals surface area contributed by atoms with Gasteiger partial charge in [-0.3, -0.25) is 0 Å². The van der Waals surface area contributed by atoms with E-state index in [9.17, 15) is 5.11 Å². The monoisotopic (exact) mass is 329 g/mol. The fourth-order valence-electron chi connectivity index (χ4n) is 3.23. The molecule has 1 N–H and O–H groups in total. The Morgan fingerprint density at radius 1 is 1.00 bits per heavy atom. The van der Waals surface area contributed by atoms with E-state index in [0.29, 0.717) is 5.69 Å². The minimum atomic E-state index is 0.210. The van der Waals surface area contributed by atoms with Gasteiger partial charge in [0.2, 0.25) is 0 Å². The van der Waals surface area contributed by atoms with E-state index in [1.807, 2.05) is 25.1 Å². The van der Waals surface area contributed by atoms with Crippen LogP contribution in [0.15, 0.2) is 60.8 Å². The lowest BCUT2D eigenvalue weighted by atomic mass is 10.0. The van der Waals surface area contributed by atoms with Gasteiger partial charge in [-0.05, 0) is 53.4 Å². The molecule has 0 atom stereocenters. The average Bonchev–Trinajstić information content (AvgIpc) is 3.11. The van der Waals surface area contributed by atoms with Gasteiger partial charge in [-0.2, -0.15) is 0 Å². The molecule has 0 fully saturated rings. The number of aromatic hydroxyl groups is 1. The average molecular weight is 329 g/mol. The van der Waals surface area contributed by atoms with E-state index in [1.165, 1.54) is 10.9 Å². The molecule has 0 radical (unpaired) electrons. The van der Waals surface area contributed by atoms with Crippen LogP contribution >= 0.6 is 0 Å². The molecule has 4 aromatic rings. The SMILES string of the molecule is CCc1cc(-n2nncc2-c2ccc3ccccc3c2)c(O)cc1C. The Morgan fingerprint density at radius 2 is 1.80 bits per heavy atom. The van der Waals surface area contributed by atoms with Crippen LogP contribution in [-0.4, -0.2) is 20.1 Å². The largest absolute Gasteiger partial charge is 0.506 e. The molecule has 0 unspecified atom stereocenters. The number of hydrogen-bond acceptors (Lipinski definition) is 3. The van der Waals surface area contributed by atoms with Crippen molar-refractivity contribution in [1.82, 2.24) is 15.0 Å². The van der Waals surface area contributed by atoms with Gasteiger partial charge < -0.3 is 5.11 Å². The summed E-state index contributed by atoms with van der Waals surface area (Å²) in [6.07, 6.45) is 2.63. The Kier molecular flexibility index (Phi) is 3.73. The summed E-state index contributed by atoms with van der Waals surface area (Å²) in [5, 5.41) is 21.1. The zero-order chi connectivity index (χ0) is 17.4. The van der Waals surface area contributed by atoms with E-state index in [-0.39, 0.29) is 5.75 Å². The van der Waals surface area contributed by atoms with Crippen LogP contribution in [-0.2, 0) is 6.42 Å². The molecular formula is C21H19N3O. The summed E-state index contributed by atoms with van der Waals surface area (Å²) in [5.41, 5.74) is 4.79. The zero-order valence-corrected chi connectivity index (χ0v) is 14.3. The number of fused-ring (bicyclic) bond motifs is 1. The summed E-state index contributed by atoms with van der Waals surface area (Å²) in [6.45, 7) is 4.11. The highest BCUT2D eigenvalue weighted by atomic mass is 16.3. The Morgan fingerprint density at radius 3 is 2.60 bits per heavy atom. The number of aromatic nitrogens is 3. The van der Waals surface area contributed by atoms with Crippen molar-refractivity contribution in [2.75, 3.05) is 0 Å². The van der Waals surface area contributed by atoms with Crippen LogP contribution in [0.4, 0.5) is 0 Å². The number of benzene rings is 3. The van der Waals surface area contributed by atoms with E-state index in [2.05, 4.69) is 47.6 Å². The third-order valence-corrected chi connectivity index (χ3v) is 4.64. The van der Waals surface area contributed by atoms with Gasteiger partial charge in [-0.15, -0.1) is 5.10 Å². The zero-order valence-electron chi connectivity index (χ0n) is 14.3. The van der Waals surface area contributed by atoms with E-state index in [0.717, 1.165) is 28.6 Å². The topological polar surface area (TPSA) is 50.9 Å². The molecule has 0 aliphatic rings. The van der Waals surface area contributed by atoms with Gasteiger partial charge in [0.15, 0.2) is 0 Å². The molecule has 4 heteroatoms. The van der Waals surface area contributed by atoms with Crippen molar-refractivity contribution in [2.45, 2.75) is 20.3 Å². The summed E-state index contributed by atoms with van der Waals surface area (Å²) >= 11 is 0. The van der Waals surface area contributed by atoms with Crippen LogP contribution in [0, 0.1) is 6.92 Å². The smallest absolute Gasteiger partial charge is 0.141 e. The number of phenolic OH excluding ortho intramolecular Hbond substituents is 1. The number of nitrogens with zero attached hydrogens (tertiary/aromatic N) is 3. The van der Waals surface area contributed by atoms with E-state index < -0.39 is 0 Å². The molecule has 1 aromatic heterocycles. The van der Waals surface area contributed by atoms with Gasteiger partial charge >= 0.3 is 0 Å². The van der Waals surface area contributed by atoms with Gasteiger partial charge in [-0.1, -0.05) is 48.5 Å². The second kappa shape index (κ2) is 6.06. The molecule has 1 heterocycles. The quantitative estimate of drug-likeness (QED) is 0.594. The molecule has 4 rings (SSSR count). The third kappa shape index (κ3) is 2.66. The van der Waals surface area contributed by atoms with E-state index in [1.54, 1.807) is 16.9 Å². The molecule has 0 saturated heterocycles. The predicted octanol–water partition coefficient (Wildman–Crippen LogP) is 4.66. The Bertz CT molecular complexity index is 1070. The van der Waals surface area contributed by atoms with Gasteiger partial charge in [0.25, 0.3) is 0 Å². The van der Waals surface area contributed by atoms with Crippen LogP contribution in [0.25, 0.3) is 27.7 Å². The molecule has 0 bridgehead atoms. The van der Waals surface area contributed by atoms with Crippen LogP contribution < -0.4 is 0 Å². The van der Waals surface area contributed by atoms with Crippen molar-refractivity contribution in [2.24, 2.45) is 0 Å². The molecule has 0 saturated carbocycles. The maximum Gasteiger partial charge on any atom is 0.141 e. The summed E-state index contributed by atoms with van der Waals surface area (Å²) in [5.74, 6) is 0.210. The first-order chi connectivity index (χ1) is 12.2. The summed E-state index contributed by atoms with van der Waals surface area (Å²) < 4.78 is 1.71. The number of rotatable bonds is 3. The molecule has 0 amide bonds. The second-order valence-corrected chi connectivity index (χ2v) is 6.21. The van der Waals surface area contributed by atoms with E-state index in [4.69, 9.17) is 0 Å².